The molecule has 0 aromatic heterocycles. The Labute approximate surface area is 173 Å². The zero-order valence-electron chi connectivity index (χ0n) is 16.8. The molecule has 2 atom stereocenters. The molecule has 1 aromatic carbocycles. The summed E-state index contributed by atoms with van der Waals surface area (Å²) in [4.78, 5) is 39.2. The van der Waals surface area contributed by atoms with Crippen LogP contribution in [0.1, 0.15) is 32.8 Å². The standard InChI is InChI=1S/C20H26BrNO6/c1-19(2,3)28-18(25)22-12-20(17(24)27-5,11-15(22)16(23)26-4)10-13-8-6-7-9-14(13)21/h6-9,15H,10-12H2,1-5H3/t15-,20-/m0/s1. The molecule has 1 aliphatic rings. The molecule has 0 radical (unpaired) electrons. The zero-order chi connectivity index (χ0) is 21.1. The van der Waals surface area contributed by atoms with E-state index >= 15 is 0 Å². The van der Waals surface area contributed by atoms with E-state index in [1.807, 2.05) is 24.3 Å². The van der Waals surface area contributed by atoms with E-state index in [9.17, 15) is 14.4 Å². The van der Waals surface area contributed by atoms with Gasteiger partial charge < -0.3 is 14.2 Å². The van der Waals surface area contributed by atoms with E-state index in [1.165, 1.54) is 19.1 Å². The summed E-state index contributed by atoms with van der Waals surface area (Å²) < 4.78 is 16.2. The van der Waals surface area contributed by atoms with Gasteiger partial charge in [-0.1, -0.05) is 34.1 Å². The quantitative estimate of drug-likeness (QED) is 0.511. The average Bonchev–Trinajstić information content (AvgIpc) is 3.02. The maximum absolute atomic E-state index is 12.8. The van der Waals surface area contributed by atoms with Crippen LogP contribution < -0.4 is 0 Å². The molecule has 0 saturated carbocycles. The zero-order valence-corrected chi connectivity index (χ0v) is 18.4. The Hall–Kier alpha value is -2.09. The fourth-order valence-corrected chi connectivity index (χ4v) is 3.84. The maximum Gasteiger partial charge on any atom is 0.411 e. The van der Waals surface area contributed by atoms with Gasteiger partial charge in [0.15, 0.2) is 0 Å². The second-order valence-electron chi connectivity index (χ2n) is 7.89. The molecule has 1 heterocycles. The molecule has 1 aromatic rings. The van der Waals surface area contributed by atoms with Gasteiger partial charge in [-0.3, -0.25) is 9.69 Å². The molecule has 2 rings (SSSR count). The Balaban J connectivity index is 2.43. The molecular weight excluding hydrogens is 430 g/mol. The summed E-state index contributed by atoms with van der Waals surface area (Å²) in [5, 5.41) is 0. The van der Waals surface area contributed by atoms with E-state index in [0.29, 0.717) is 6.42 Å². The maximum atomic E-state index is 12.8. The van der Waals surface area contributed by atoms with Gasteiger partial charge in [0.2, 0.25) is 0 Å². The first-order valence-corrected chi connectivity index (χ1v) is 9.71. The SMILES string of the molecule is COC(=O)[C@@H]1C[C@](Cc2ccccc2Br)(C(=O)OC)CN1C(=O)OC(C)(C)C. The number of ether oxygens (including phenoxy) is 3. The molecule has 8 heteroatoms. The van der Waals surface area contributed by atoms with Crippen molar-refractivity contribution in [2.75, 3.05) is 20.8 Å². The van der Waals surface area contributed by atoms with E-state index in [2.05, 4.69) is 15.9 Å². The third-order valence-electron chi connectivity index (χ3n) is 4.64. The summed E-state index contributed by atoms with van der Waals surface area (Å²) in [5.74, 6) is -1.08. The fraction of sp³-hybridized carbons (Fsp3) is 0.550. The predicted octanol–water partition coefficient (Wildman–Crippen LogP) is 3.33. The molecule has 1 amide bonds. The first-order chi connectivity index (χ1) is 13.0. The van der Waals surface area contributed by atoms with Crippen LogP contribution >= 0.6 is 15.9 Å². The van der Waals surface area contributed by atoms with Crippen LogP contribution in [0.3, 0.4) is 0 Å². The largest absolute Gasteiger partial charge is 0.469 e. The van der Waals surface area contributed by atoms with E-state index in [-0.39, 0.29) is 13.0 Å². The van der Waals surface area contributed by atoms with Crippen molar-refractivity contribution in [3.8, 4) is 0 Å². The van der Waals surface area contributed by atoms with Gasteiger partial charge >= 0.3 is 18.0 Å². The molecule has 0 spiro atoms. The molecule has 0 aliphatic carbocycles. The van der Waals surface area contributed by atoms with Gasteiger partial charge in [0.25, 0.3) is 0 Å². The molecule has 0 bridgehead atoms. The Bertz CT molecular complexity index is 759. The van der Waals surface area contributed by atoms with Gasteiger partial charge in [0, 0.05) is 11.0 Å². The number of likely N-dealkylation sites (tertiary alicyclic amines) is 1. The first-order valence-electron chi connectivity index (χ1n) is 8.92. The molecule has 1 saturated heterocycles. The topological polar surface area (TPSA) is 82.1 Å². The van der Waals surface area contributed by atoms with Gasteiger partial charge in [0.05, 0.1) is 19.6 Å². The molecule has 154 valence electrons. The van der Waals surface area contributed by atoms with E-state index in [0.717, 1.165) is 10.0 Å². The Kier molecular flexibility index (Phi) is 6.75. The number of rotatable bonds is 4. The van der Waals surface area contributed by atoms with E-state index in [1.54, 1.807) is 20.8 Å². The third kappa shape index (κ3) is 4.84. The van der Waals surface area contributed by atoms with Crippen molar-refractivity contribution in [1.82, 2.24) is 4.90 Å². The normalized spacial score (nSPS) is 21.9. The van der Waals surface area contributed by atoms with Gasteiger partial charge in [-0.2, -0.15) is 0 Å². The summed E-state index contributed by atoms with van der Waals surface area (Å²) in [6.07, 6.45) is -0.276. The number of carbonyl (C=O) groups excluding carboxylic acids is 3. The number of benzene rings is 1. The molecular formula is C20H26BrNO6. The van der Waals surface area contributed by atoms with Gasteiger partial charge in [-0.05, 0) is 45.2 Å². The molecule has 1 fully saturated rings. The lowest BCUT2D eigenvalue weighted by molar-refractivity contribution is -0.152. The highest BCUT2D eigenvalue weighted by Gasteiger charge is 2.55. The number of esters is 2. The van der Waals surface area contributed by atoms with Crippen LogP contribution in [-0.4, -0.2) is 55.3 Å². The summed E-state index contributed by atoms with van der Waals surface area (Å²) in [6.45, 7) is 5.21. The molecule has 0 N–H and O–H groups in total. The number of amides is 1. The second-order valence-corrected chi connectivity index (χ2v) is 8.75. The molecule has 1 aliphatic heterocycles. The van der Waals surface area contributed by atoms with Crippen LogP contribution in [-0.2, 0) is 30.2 Å². The lowest BCUT2D eigenvalue weighted by Crippen LogP contribution is -2.44. The summed E-state index contributed by atoms with van der Waals surface area (Å²) >= 11 is 3.49. The smallest absolute Gasteiger partial charge is 0.411 e. The number of carbonyl (C=O) groups is 3. The van der Waals surface area contributed by atoms with Crippen molar-refractivity contribution in [2.45, 2.75) is 45.3 Å². The lowest BCUT2D eigenvalue weighted by atomic mass is 9.79. The predicted molar refractivity (Wildman–Crippen MR) is 106 cm³/mol. The highest BCUT2D eigenvalue weighted by molar-refractivity contribution is 9.10. The Morgan fingerprint density at radius 2 is 1.82 bits per heavy atom. The first kappa shape index (κ1) is 22.2. The van der Waals surface area contributed by atoms with E-state index in [4.69, 9.17) is 14.2 Å². The number of nitrogens with zero attached hydrogens (tertiary/aromatic N) is 1. The van der Waals surface area contributed by atoms with Gasteiger partial charge in [-0.25, -0.2) is 9.59 Å². The van der Waals surface area contributed by atoms with Crippen LogP contribution in [0.4, 0.5) is 4.79 Å². The van der Waals surface area contributed by atoms with Crippen molar-refractivity contribution < 1.29 is 28.6 Å². The van der Waals surface area contributed by atoms with Crippen LogP contribution in [0.5, 0.6) is 0 Å². The minimum Gasteiger partial charge on any atom is -0.469 e. The minimum absolute atomic E-state index is 0.00428. The Morgan fingerprint density at radius 3 is 2.36 bits per heavy atom. The van der Waals surface area contributed by atoms with Crippen molar-refractivity contribution in [2.24, 2.45) is 5.41 Å². The number of hydrogen-bond donors (Lipinski definition) is 0. The van der Waals surface area contributed by atoms with Crippen LogP contribution in [0.2, 0.25) is 0 Å². The summed E-state index contributed by atoms with van der Waals surface area (Å²) in [5.41, 5.74) is -0.951. The summed E-state index contributed by atoms with van der Waals surface area (Å²) in [7, 11) is 2.55. The average molecular weight is 456 g/mol. The monoisotopic (exact) mass is 455 g/mol. The van der Waals surface area contributed by atoms with Crippen LogP contribution in [0.15, 0.2) is 28.7 Å². The number of hydrogen-bond acceptors (Lipinski definition) is 6. The number of methoxy groups -OCH3 is 2. The van der Waals surface area contributed by atoms with Gasteiger partial charge in [0.1, 0.15) is 11.6 Å². The van der Waals surface area contributed by atoms with Crippen LogP contribution in [0, 0.1) is 5.41 Å². The lowest BCUT2D eigenvalue weighted by Gasteiger charge is -2.29. The van der Waals surface area contributed by atoms with Crippen molar-refractivity contribution >= 4 is 34.0 Å². The van der Waals surface area contributed by atoms with Gasteiger partial charge in [-0.15, -0.1) is 0 Å². The van der Waals surface area contributed by atoms with Crippen molar-refractivity contribution in [1.29, 1.82) is 0 Å². The van der Waals surface area contributed by atoms with Crippen molar-refractivity contribution in [3.05, 3.63) is 34.3 Å². The van der Waals surface area contributed by atoms with E-state index < -0.39 is 35.1 Å². The Morgan fingerprint density at radius 1 is 1.18 bits per heavy atom. The molecule has 28 heavy (non-hydrogen) atoms. The fourth-order valence-electron chi connectivity index (χ4n) is 3.41. The highest BCUT2D eigenvalue weighted by atomic mass is 79.9. The highest BCUT2D eigenvalue weighted by Crippen LogP contribution is 2.41. The molecule has 0 unspecified atom stereocenters. The minimum atomic E-state index is -1.09. The summed E-state index contributed by atoms with van der Waals surface area (Å²) in [6, 6.07) is 6.57. The van der Waals surface area contributed by atoms with Crippen molar-refractivity contribution in [3.63, 3.8) is 0 Å². The third-order valence-corrected chi connectivity index (χ3v) is 5.41. The number of halogens is 1. The molecule has 7 nitrogen and oxygen atoms in total. The van der Waals surface area contributed by atoms with Crippen LogP contribution in [0.25, 0.3) is 0 Å². The second kappa shape index (κ2) is 8.51.